The third-order valence-electron chi connectivity index (χ3n) is 3.53. The van der Waals surface area contributed by atoms with E-state index in [4.69, 9.17) is 5.73 Å². The summed E-state index contributed by atoms with van der Waals surface area (Å²) in [6.45, 7) is 5.52. The van der Waals surface area contributed by atoms with Crippen molar-refractivity contribution in [2.24, 2.45) is 11.1 Å². The second-order valence-electron chi connectivity index (χ2n) is 5.21. The molecule has 1 atom stereocenters. The van der Waals surface area contributed by atoms with Crippen LogP contribution in [0.15, 0.2) is 22.7 Å². The zero-order valence-electron chi connectivity index (χ0n) is 10.0. The molecule has 1 saturated heterocycles. The molecule has 2 nitrogen and oxygen atoms in total. The molecule has 1 fully saturated rings. The highest BCUT2D eigenvalue weighted by atomic mass is 79.9. The molecule has 1 unspecified atom stereocenters. The van der Waals surface area contributed by atoms with Crippen molar-refractivity contribution in [3.63, 3.8) is 0 Å². The molecule has 1 aliphatic rings. The molecule has 0 radical (unpaired) electrons. The highest BCUT2D eigenvalue weighted by Gasteiger charge is 2.32. The zero-order chi connectivity index (χ0) is 12.5. The minimum absolute atomic E-state index is 0.130. The lowest BCUT2D eigenvalue weighted by Crippen LogP contribution is -2.31. The lowest BCUT2D eigenvalue weighted by molar-refractivity contribution is 0.271. The quantitative estimate of drug-likeness (QED) is 0.930. The van der Waals surface area contributed by atoms with Gasteiger partial charge in [0.15, 0.2) is 0 Å². The van der Waals surface area contributed by atoms with E-state index < -0.39 is 0 Å². The molecule has 2 rings (SSSR count). The molecule has 0 amide bonds. The normalized spacial score (nSPS) is 25.4. The van der Waals surface area contributed by atoms with Crippen LogP contribution in [0, 0.1) is 11.2 Å². The van der Waals surface area contributed by atoms with Crippen LogP contribution >= 0.6 is 15.9 Å². The van der Waals surface area contributed by atoms with Crippen LogP contribution in [-0.2, 0) is 6.54 Å². The summed E-state index contributed by atoms with van der Waals surface area (Å²) in [5.74, 6) is -0.130. The largest absolute Gasteiger partial charge is 0.330 e. The highest BCUT2D eigenvalue weighted by molar-refractivity contribution is 9.10. The summed E-state index contributed by atoms with van der Waals surface area (Å²) < 4.78 is 14.6. The molecule has 0 spiro atoms. The summed E-state index contributed by atoms with van der Waals surface area (Å²) in [5.41, 5.74) is 6.72. The fraction of sp³-hybridized carbons (Fsp3) is 0.538. The molecule has 1 aromatic carbocycles. The van der Waals surface area contributed by atoms with Gasteiger partial charge >= 0.3 is 0 Å². The number of benzene rings is 1. The van der Waals surface area contributed by atoms with Crippen molar-refractivity contribution in [3.05, 3.63) is 34.1 Å². The predicted molar refractivity (Wildman–Crippen MR) is 71.2 cm³/mol. The number of nitrogens with two attached hydrogens (primary N) is 1. The summed E-state index contributed by atoms with van der Waals surface area (Å²) in [6, 6.07) is 5.10. The zero-order valence-corrected chi connectivity index (χ0v) is 11.6. The van der Waals surface area contributed by atoms with Gasteiger partial charge in [0, 0.05) is 23.1 Å². The maximum atomic E-state index is 13.6. The Morgan fingerprint density at radius 2 is 2.29 bits per heavy atom. The Labute approximate surface area is 110 Å². The van der Waals surface area contributed by atoms with Gasteiger partial charge in [-0.15, -0.1) is 0 Å². The molecular weight excluding hydrogens is 283 g/mol. The summed E-state index contributed by atoms with van der Waals surface area (Å²) in [4.78, 5) is 2.28. The van der Waals surface area contributed by atoms with Crippen molar-refractivity contribution < 1.29 is 4.39 Å². The van der Waals surface area contributed by atoms with E-state index in [1.165, 1.54) is 6.07 Å². The number of nitrogens with zero attached hydrogens (tertiary/aromatic N) is 1. The van der Waals surface area contributed by atoms with Gasteiger partial charge in [0.1, 0.15) is 5.82 Å². The lowest BCUT2D eigenvalue weighted by Gasteiger charge is -2.22. The van der Waals surface area contributed by atoms with Crippen LogP contribution in [0.25, 0.3) is 0 Å². The predicted octanol–water partition coefficient (Wildman–Crippen LogP) is 2.76. The second kappa shape index (κ2) is 5.04. The van der Waals surface area contributed by atoms with E-state index in [0.717, 1.165) is 29.5 Å². The first kappa shape index (κ1) is 13.0. The van der Waals surface area contributed by atoms with Gasteiger partial charge in [0.05, 0.1) is 0 Å². The number of likely N-dealkylation sites (tertiary alicyclic amines) is 1. The van der Waals surface area contributed by atoms with E-state index in [1.807, 2.05) is 6.07 Å². The Kier molecular flexibility index (Phi) is 3.85. The van der Waals surface area contributed by atoms with E-state index in [1.54, 1.807) is 6.07 Å². The van der Waals surface area contributed by atoms with E-state index in [2.05, 4.69) is 27.8 Å². The molecule has 1 heterocycles. The van der Waals surface area contributed by atoms with Crippen LogP contribution < -0.4 is 5.73 Å². The molecule has 0 bridgehead atoms. The molecule has 94 valence electrons. The van der Waals surface area contributed by atoms with Crippen molar-refractivity contribution in [2.45, 2.75) is 19.9 Å². The Hall–Kier alpha value is -0.450. The van der Waals surface area contributed by atoms with Crippen LogP contribution in [0.5, 0.6) is 0 Å². The summed E-state index contributed by atoms with van der Waals surface area (Å²) >= 11 is 3.38. The highest BCUT2D eigenvalue weighted by Crippen LogP contribution is 2.30. The third kappa shape index (κ3) is 3.06. The fourth-order valence-electron chi connectivity index (χ4n) is 2.33. The molecule has 0 aliphatic carbocycles. The first-order chi connectivity index (χ1) is 8.02. The third-order valence-corrected chi connectivity index (χ3v) is 4.02. The fourth-order valence-corrected chi connectivity index (χ4v) is 2.74. The summed E-state index contributed by atoms with van der Waals surface area (Å²) in [7, 11) is 0. The van der Waals surface area contributed by atoms with Crippen molar-refractivity contribution in [2.75, 3.05) is 19.6 Å². The first-order valence-electron chi connectivity index (χ1n) is 5.89. The Balaban J connectivity index is 2.05. The number of hydrogen-bond acceptors (Lipinski definition) is 2. The first-order valence-corrected chi connectivity index (χ1v) is 6.68. The van der Waals surface area contributed by atoms with Gasteiger partial charge in [-0.25, -0.2) is 4.39 Å². The molecule has 0 aromatic heterocycles. The van der Waals surface area contributed by atoms with Crippen molar-refractivity contribution in [1.82, 2.24) is 4.90 Å². The average molecular weight is 301 g/mol. The van der Waals surface area contributed by atoms with Gasteiger partial charge in [0.25, 0.3) is 0 Å². The van der Waals surface area contributed by atoms with E-state index in [-0.39, 0.29) is 11.2 Å². The van der Waals surface area contributed by atoms with Gasteiger partial charge in [-0.3, -0.25) is 4.90 Å². The summed E-state index contributed by atoms with van der Waals surface area (Å²) in [5, 5.41) is 0. The number of halogens is 2. The van der Waals surface area contributed by atoms with Crippen LogP contribution in [0.2, 0.25) is 0 Å². The standard InChI is InChI=1S/C13H18BrFN2/c1-13(8-16)4-5-17(9-13)7-10-6-11(14)2-3-12(10)15/h2-3,6H,4-5,7-9,16H2,1H3. The number of hydrogen-bond donors (Lipinski definition) is 1. The van der Waals surface area contributed by atoms with E-state index in [0.29, 0.717) is 13.1 Å². The minimum atomic E-state index is -0.130. The minimum Gasteiger partial charge on any atom is -0.330 e. The van der Waals surface area contributed by atoms with Crippen molar-refractivity contribution in [1.29, 1.82) is 0 Å². The Morgan fingerprint density at radius 3 is 2.94 bits per heavy atom. The van der Waals surface area contributed by atoms with Crippen LogP contribution in [0.1, 0.15) is 18.9 Å². The van der Waals surface area contributed by atoms with Gasteiger partial charge in [-0.1, -0.05) is 22.9 Å². The summed E-state index contributed by atoms with van der Waals surface area (Å²) in [6.07, 6.45) is 1.10. The Morgan fingerprint density at radius 1 is 1.53 bits per heavy atom. The topological polar surface area (TPSA) is 29.3 Å². The van der Waals surface area contributed by atoms with Crippen LogP contribution in [0.4, 0.5) is 4.39 Å². The maximum Gasteiger partial charge on any atom is 0.127 e. The monoisotopic (exact) mass is 300 g/mol. The van der Waals surface area contributed by atoms with Gasteiger partial charge in [-0.05, 0) is 43.1 Å². The van der Waals surface area contributed by atoms with E-state index in [9.17, 15) is 4.39 Å². The van der Waals surface area contributed by atoms with Gasteiger partial charge in [0.2, 0.25) is 0 Å². The lowest BCUT2D eigenvalue weighted by atomic mass is 9.90. The molecular formula is C13H18BrFN2. The molecule has 1 aromatic rings. The smallest absolute Gasteiger partial charge is 0.127 e. The van der Waals surface area contributed by atoms with Crippen LogP contribution in [0.3, 0.4) is 0 Å². The molecule has 17 heavy (non-hydrogen) atoms. The van der Waals surface area contributed by atoms with Gasteiger partial charge in [-0.2, -0.15) is 0 Å². The second-order valence-corrected chi connectivity index (χ2v) is 6.13. The van der Waals surface area contributed by atoms with Crippen molar-refractivity contribution in [3.8, 4) is 0 Å². The maximum absolute atomic E-state index is 13.6. The Bertz CT molecular complexity index is 410. The average Bonchev–Trinajstić information content (AvgIpc) is 2.67. The number of rotatable bonds is 3. The molecule has 4 heteroatoms. The van der Waals surface area contributed by atoms with Crippen molar-refractivity contribution >= 4 is 15.9 Å². The molecule has 0 saturated carbocycles. The van der Waals surface area contributed by atoms with Crippen LogP contribution in [-0.4, -0.2) is 24.5 Å². The molecule has 2 N–H and O–H groups in total. The molecule has 1 aliphatic heterocycles. The van der Waals surface area contributed by atoms with E-state index >= 15 is 0 Å². The van der Waals surface area contributed by atoms with Gasteiger partial charge < -0.3 is 5.73 Å². The SMILES string of the molecule is CC1(CN)CCN(Cc2cc(Br)ccc2F)C1.